The number of allylic oxidation sites excluding steroid dienone is 3. The highest BCUT2D eigenvalue weighted by molar-refractivity contribution is 5.82. The van der Waals surface area contributed by atoms with E-state index in [-0.39, 0.29) is 5.97 Å². The summed E-state index contributed by atoms with van der Waals surface area (Å²) in [4.78, 5) is 11.8. The van der Waals surface area contributed by atoms with Gasteiger partial charge in [0.15, 0.2) is 0 Å². The number of hydrogen-bond acceptors (Lipinski definition) is 2. The van der Waals surface area contributed by atoms with Gasteiger partial charge in [0.2, 0.25) is 0 Å². The smallest absolute Gasteiger partial charge is 0.330 e. The van der Waals surface area contributed by atoms with E-state index in [1.807, 2.05) is 13.0 Å². The minimum absolute atomic E-state index is 0.246. The Balaban J connectivity index is 2.03. The van der Waals surface area contributed by atoms with E-state index < -0.39 is 0 Å². The molecule has 0 amide bonds. The first-order chi connectivity index (χ1) is 12.6. The Labute approximate surface area is 157 Å². The number of aryl methyl sites for hydroxylation is 1. The normalized spacial score (nSPS) is 11.1. The first-order valence-corrected chi connectivity index (χ1v) is 9.22. The topological polar surface area (TPSA) is 26.3 Å². The van der Waals surface area contributed by atoms with E-state index in [4.69, 9.17) is 4.74 Å². The molecule has 0 aliphatic heterocycles. The maximum Gasteiger partial charge on any atom is 0.330 e. The van der Waals surface area contributed by atoms with E-state index in [0.717, 1.165) is 24.8 Å². The van der Waals surface area contributed by atoms with Gasteiger partial charge in [-0.25, -0.2) is 4.79 Å². The summed E-state index contributed by atoms with van der Waals surface area (Å²) >= 11 is 0. The molecule has 0 bridgehead atoms. The maximum absolute atomic E-state index is 11.8. The van der Waals surface area contributed by atoms with Crippen LogP contribution in [0.4, 0.5) is 0 Å². The van der Waals surface area contributed by atoms with Crippen molar-refractivity contribution in [3.63, 3.8) is 0 Å². The fourth-order valence-electron chi connectivity index (χ4n) is 2.72. The van der Waals surface area contributed by atoms with Crippen LogP contribution in [0.5, 0.6) is 0 Å². The molecule has 2 rings (SSSR count). The third-order valence-corrected chi connectivity index (χ3v) is 4.18. The molecule has 0 aromatic heterocycles. The first-order valence-electron chi connectivity index (χ1n) is 9.22. The predicted molar refractivity (Wildman–Crippen MR) is 109 cm³/mol. The average Bonchev–Trinajstić information content (AvgIpc) is 2.65. The summed E-state index contributed by atoms with van der Waals surface area (Å²) in [6.07, 6.45) is 6.37. The summed E-state index contributed by atoms with van der Waals surface area (Å²) in [5.74, 6) is -0.246. The van der Waals surface area contributed by atoms with E-state index >= 15 is 0 Å². The summed E-state index contributed by atoms with van der Waals surface area (Å²) in [6.45, 7) is 6.39. The number of carbonyl (C=O) groups is 1. The minimum atomic E-state index is -0.246. The van der Waals surface area contributed by atoms with E-state index in [9.17, 15) is 4.79 Å². The Hall–Kier alpha value is -2.61. The molecule has 0 aliphatic carbocycles. The summed E-state index contributed by atoms with van der Waals surface area (Å²) in [5, 5.41) is 0. The Morgan fingerprint density at radius 3 is 2.23 bits per heavy atom. The van der Waals surface area contributed by atoms with Gasteiger partial charge in [-0.1, -0.05) is 71.8 Å². The highest BCUT2D eigenvalue weighted by Gasteiger charge is 2.04. The Morgan fingerprint density at radius 1 is 0.962 bits per heavy atom. The van der Waals surface area contributed by atoms with Crippen molar-refractivity contribution < 1.29 is 9.53 Å². The summed E-state index contributed by atoms with van der Waals surface area (Å²) < 4.78 is 5.06. The molecule has 2 heteroatoms. The lowest BCUT2D eigenvalue weighted by Gasteiger charge is -2.08. The molecular formula is C24H28O2. The van der Waals surface area contributed by atoms with Gasteiger partial charge in [0, 0.05) is 6.08 Å². The quantitative estimate of drug-likeness (QED) is 0.326. The lowest BCUT2D eigenvalue weighted by atomic mass is 9.98. The van der Waals surface area contributed by atoms with Crippen LogP contribution in [0.15, 0.2) is 77.9 Å². The van der Waals surface area contributed by atoms with Gasteiger partial charge in [-0.05, 0) is 56.7 Å². The molecule has 0 fully saturated rings. The highest BCUT2D eigenvalue weighted by atomic mass is 16.5. The SMILES string of the molecule is CCOC(=O)/C=C(\CC=C(C)C)CCc1ccc(-c2ccccc2)cc1. The van der Waals surface area contributed by atoms with E-state index in [2.05, 4.69) is 68.5 Å². The molecule has 2 nitrogen and oxygen atoms in total. The Bertz CT molecular complexity index is 749. The molecule has 0 unspecified atom stereocenters. The Kier molecular flexibility index (Phi) is 7.88. The molecule has 136 valence electrons. The van der Waals surface area contributed by atoms with Crippen LogP contribution in [0.25, 0.3) is 11.1 Å². The van der Waals surface area contributed by atoms with E-state index in [1.54, 1.807) is 6.08 Å². The van der Waals surface area contributed by atoms with Gasteiger partial charge in [0.1, 0.15) is 0 Å². The van der Waals surface area contributed by atoms with Crippen molar-refractivity contribution in [3.05, 3.63) is 83.5 Å². The van der Waals surface area contributed by atoms with Crippen LogP contribution in [0.2, 0.25) is 0 Å². The number of hydrogen-bond donors (Lipinski definition) is 0. The molecule has 0 radical (unpaired) electrons. The molecule has 0 aliphatic rings. The predicted octanol–water partition coefficient (Wildman–Crippen LogP) is 6.13. The van der Waals surface area contributed by atoms with Crippen molar-refractivity contribution in [1.29, 1.82) is 0 Å². The molecule has 0 saturated carbocycles. The standard InChI is InChI=1S/C24H28O2/c1-4-26-24(25)18-21(11-10-19(2)3)13-12-20-14-16-23(17-15-20)22-8-6-5-7-9-22/h5-10,14-18H,4,11-13H2,1-3H3/b21-18+. The second-order valence-corrected chi connectivity index (χ2v) is 6.60. The average molecular weight is 348 g/mol. The van der Waals surface area contributed by atoms with Crippen molar-refractivity contribution >= 4 is 5.97 Å². The zero-order valence-corrected chi connectivity index (χ0v) is 16.0. The van der Waals surface area contributed by atoms with Gasteiger partial charge < -0.3 is 4.74 Å². The summed E-state index contributed by atoms with van der Waals surface area (Å²) in [5.41, 5.74) is 6.09. The zero-order chi connectivity index (χ0) is 18.8. The second kappa shape index (κ2) is 10.4. The van der Waals surface area contributed by atoms with Gasteiger partial charge in [0.25, 0.3) is 0 Å². The fraction of sp³-hybridized carbons (Fsp3) is 0.292. The van der Waals surface area contributed by atoms with Crippen LogP contribution in [0.3, 0.4) is 0 Å². The largest absolute Gasteiger partial charge is 0.463 e. The molecule has 0 atom stereocenters. The molecule has 0 saturated heterocycles. The van der Waals surface area contributed by atoms with Gasteiger partial charge in [-0.15, -0.1) is 0 Å². The molecule has 2 aromatic carbocycles. The molecule has 0 N–H and O–H groups in total. The van der Waals surface area contributed by atoms with Crippen LogP contribution in [-0.2, 0) is 16.0 Å². The van der Waals surface area contributed by atoms with Crippen LogP contribution in [0.1, 0.15) is 39.2 Å². The molecule has 0 heterocycles. The van der Waals surface area contributed by atoms with Crippen molar-refractivity contribution in [1.82, 2.24) is 0 Å². The van der Waals surface area contributed by atoms with Gasteiger partial charge in [-0.2, -0.15) is 0 Å². The second-order valence-electron chi connectivity index (χ2n) is 6.60. The number of rotatable bonds is 8. The van der Waals surface area contributed by atoms with Crippen LogP contribution >= 0.6 is 0 Å². The third-order valence-electron chi connectivity index (χ3n) is 4.18. The Morgan fingerprint density at radius 2 is 1.62 bits per heavy atom. The molecule has 0 spiro atoms. The van der Waals surface area contributed by atoms with Gasteiger partial charge in [0.05, 0.1) is 6.61 Å². The van der Waals surface area contributed by atoms with Crippen molar-refractivity contribution in [3.8, 4) is 11.1 Å². The molecule has 2 aromatic rings. The lowest BCUT2D eigenvalue weighted by molar-refractivity contribution is -0.137. The third kappa shape index (κ3) is 6.72. The molecule has 26 heavy (non-hydrogen) atoms. The number of carbonyl (C=O) groups excluding carboxylic acids is 1. The van der Waals surface area contributed by atoms with Crippen molar-refractivity contribution in [2.45, 2.75) is 40.0 Å². The summed E-state index contributed by atoms with van der Waals surface area (Å²) in [6, 6.07) is 19.0. The van der Waals surface area contributed by atoms with E-state index in [0.29, 0.717) is 6.61 Å². The van der Waals surface area contributed by atoms with Crippen LogP contribution in [0, 0.1) is 0 Å². The van der Waals surface area contributed by atoms with Gasteiger partial charge >= 0.3 is 5.97 Å². The van der Waals surface area contributed by atoms with E-state index in [1.165, 1.54) is 22.3 Å². The fourth-order valence-corrected chi connectivity index (χ4v) is 2.72. The highest BCUT2D eigenvalue weighted by Crippen LogP contribution is 2.21. The summed E-state index contributed by atoms with van der Waals surface area (Å²) in [7, 11) is 0. The van der Waals surface area contributed by atoms with Crippen molar-refractivity contribution in [2.75, 3.05) is 6.61 Å². The molecular weight excluding hydrogens is 320 g/mol. The van der Waals surface area contributed by atoms with Crippen molar-refractivity contribution in [2.24, 2.45) is 0 Å². The number of benzene rings is 2. The first kappa shape index (κ1) is 19.7. The maximum atomic E-state index is 11.8. The minimum Gasteiger partial charge on any atom is -0.463 e. The number of ether oxygens (including phenoxy) is 1. The lowest BCUT2D eigenvalue weighted by Crippen LogP contribution is -2.02. The monoisotopic (exact) mass is 348 g/mol. The van der Waals surface area contributed by atoms with Crippen LogP contribution < -0.4 is 0 Å². The van der Waals surface area contributed by atoms with Crippen LogP contribution in [-0.4, -0.2) is 12.6 Å². The van der Waals surface area contributed by atoms with Gasteiger partial charge in [-0.3, -0.25) is 0 Å². The zero-order valence-electron chi connectivity index (χ0n) is 16.0. The number of esters is 1.